The van der Waals surface area contributed by atoms with E-state index in [0.717, 1.165) is 0 Å². The van der Waals surface area contributed by atoms with E-state index in [-0.39, 0.29) is 0 Å². The number of hydrogen-bond donors (Lipinski definition) is 0. The molecule has 0 radical (unpaired) electrons. The molecule has 0 atom stereocenters. The summed E-state index contributed by atoms with van der Waals surface area (Å²) in [6.07, 6.45) is 0. The Morgan fingerprint density at radius 3 is 1.67 bits per heavy atom. The Labute approximate surface area is 38.4 Å². The second-order valence-electron chi connectivity index (χ2n) is 1.57. The van der Waals surface area contributed by atoms with E-state index in [1.807, 2.05) is 0 Å². The summed E-state index contributed by atoms with van der Waals surface area (Å²) in [5.41, 5.74) is 0. The van der Waals surface area contributed by atoms with Gasteiger partial charge in [0.2, 0.25) is 0 Å². The van der Waals surface area contributed by atoms with Crippen molar-refractivity contribution in [2.24, 2.45) is 0 Å². The van der Waals surface area contributed by atoms with E-state index >= 15 is 0 Å². The zero-order valence-electron chi connectivity index (χ0n) is 4.29. The molecule has 0 aromatic carbocycles. The van der Waals surface area contributed by atoms with Gasteiger partial charge in [-0.05, 0) is 13.1 Å². The van der Waals surface area contributed by atoms with Crippen molar-refractivity contribution in [2.45, 2.75) is 13.1 Å². The van der Waals surface area contributed by atoms with Crippen molar-refractivity contribution in [3.05, 3.63) is 0 Å². The van der Waals surface area contributed by atoms with Gasteiger partial charge in [0.25, 0.3) is 0 Å². The Morgan fingerprint density at radius 1 is 1.50 bits per heavy atom. The van der Waals surface area contributed by atoms with E-state index in [2.05, 4.69) is 4.43 Å². The van der Waals surface area contributed by atoms with Crippen molar-refractivity contribution >= 4 is 8.65 Å². The number of rotatable bonds is 1. The minimum atomic E-state index is -2.63. The van der Waals surface area contributed by atoms with Crippen molar-refractivity contribution in [1.82, 2.24) is 0 Å². The van der Waals surface area contributed by atoms with Crippen molar-refractivity contribution in [3.63, 3.8) is 0 Å². The summed E-state index contributed by atoms with van der Waals surface area (Å²) in [5.74, 6) is 0. The van der Waals surface area contributed by atoms with Gasteiger partial charge in [0.1, 0.15) is 0 Å². The molecule has 0 spiro atoms. The molecule has 0 unspecified atom stereocenters. The molecule has 0 fully saturated rings. The smallest absolute Gasteiger partial charge is 0.377 e. The highest BCUT2D eigenvalue weighted by molar-refractivity contribution is 6.63. The fraction of sp³-hybridized carbons (Fsp3) is 1.00. The van der Waals surface area contributed by atoms with Gasteiger partial charge < -0.3 is 4.43 Å². The first-order chi connectivity index (χ1) is 2.56. The molecule has 0 bridgehead atoms. The Bertz CT molecular complexity index is 40.5. The van der Waals surface area contributed by atoms with E-state index in [9.17, 15) is 4.11 Å². The van der Waals surface area contributed by atoms with Gasteiger partial charge in [0, 0.05) is 7.11 Å². The molecule has 3 heteroatoms. The first kappa shape index (κ1) is 6.11. The summed E-state index contributed by atoms with van der Waals surface area (Å²) >= 11 is 0. The minimum Gasteiger partial charge on any atom is -0.395 e. The summed E-state index contributed by atoms with van der Waals surface area (Å²) in [5, 5.41) is 0. The standard InChI is InChI=1S/C3H9FOSi/c1-5-6(2,3)4/h1-3H3. The zero-order chi connectivity index (χ0) is 5.21. The molecular formula is C3H9FOSi. The third-order valence-electron chi connectivity index (χ3n) is 0.485. The van der Waals surface area contributed by atoms with E-state index in [1.54, 1.807) is 0 Å². The summed E-state index contributed by atoms with van der Waals surface area (Å²) < 4.78 is 16.4. The van der Waals surface area contributed by atoms with Gasteiger partial charge in [-0.3, -0.25) is 4.11 Å². The Morgan fingerprint density at radius 2 is 1.67 bits per heavy atom. The van der Waals surface area contributed by atoms with Crippen molar-refractivity contribution in [2.75, 3.05) is 7.11 Å². The van der Waals surface area contributed by atoms with Gasteiger partial charge in [-0.2, -0.15) is 0 Å². The maximum absolute atomic E-state index is 12.0. The summed E-state index contributed by atoms with van der Waals surface area (Å²) in [4.78, 5) is 0. The molecule has 0 aliphatic rings. The summed E-state index contributed by atoms with van der Waals surface area (Å²) in [7, 11) is -1.24. The van der Waals surface area contributed by atoms with Crippen LogP contribution >= 0.6 is 0 Å². The van der Waals surface area contributed by atoms with Crippen LogP contribution in [0.4, 0.5) is 4.11 Å². The Hall–Kier alpha value is 0.107. The third kappa shape index (κ3) is 4.11. The van der Waals surface area contributed by atoms with E-state index in [1.165, 1.54) is 20.2 Å². The lowest BCUT2D eigenvalue weighted by Crippen LogP contribution is -2.20. The number of halogens is 1. The van der Waals surface area contributed by atoms with Gasteiger partial charge in [-0.15, -0.1) is 0 Å². The molecule has 0 saturated carbocycles. The van der Waals surface area contributed by atoms with Crippen molar-refractivity contribution < 1.29 is 8.53 Å². The summed E-state index contributed by atoms with van der Waals surface area (Å²) in [6.45, 7) is 2.99. The fourth-order valence-electron chi connectivity index (χ4n) is 0. The second-order valence-corrected chi connectivity index (χ2v) is 4.70. The maximum atomic E-state index is 12.0. The lowest BCUT2D eigenvalue weighted by atomic mass is 11.8. The molecule has 0 saturated heterocycles. The molecule has 0 N–H and O–H groups in total. The van der Waals surface area contributed by atoms with Crippen LogP contribution in [0.1, 0.15) is 0 Å². The molecule has 38 valence electrons. The zero-order valence-corrected chi connectivity index (χ0v) is 5.29. The van der Waals surface area contributed by atoms with Crippen LogP contribution in [-0.2, 0) is 4.43 Å². The molecule has 0 aliphatic carbocycles. The predicted molar refractivity (Wildman–Crippen MR) is 25.6 cm³/mol. The highest BCUT2D eigenvalue weighted by atomic mass is 28.4. The van der Waals surface area contributed by atoms with Crippen LogP contribution in [-0.4, -0.2) is 15.8 Å². The van der Waals surface area contributed by atoms with E-state index in [4.69, 9.17) is 0 Å². The minimum absolute atomic E-state index is 1.40. The van der Waals surface area contributed by atoms with Gasteiger partial charge in [-0.25, -0.2) is 0 Å². The van der Waals surface area contributed by atoms with Crippen LogP contribution in [0.15, 0.2) is 0 Å². The van der Waals surface area contributed by atoms with Crippen LogP contribution in [0.3, 0.4) is 0 Å². The molecule has 0 aliphatic heterocycles. The highest BCUT2D eigenvalue weighted by Crippen LogP contribution is 2.00. The second kappa shape index (κ2) is 1.71. The SMILES string of the molecule is CO[Si](C)(C)F. The van der Waals surface area contributed by atoms with Crippen LogP contribution in [0.5, 0.6) is 0 Å². The van der Waals surface area contributed by atoms with Gasteiger partial charge >= 0.3 is 8.65 Å². The van der Waals surface area contributed by atoms with Crippen LogP contribution in [0.25, 0.3) is 0 Å². The molecule has 0 aromatic heterocycles. The van der Waals surface area contributed by atoms with Crippen LogP contribution in [0.2, 0.25) is 13.1 Å². The maximum Gasteiger partial charge on any atom is 0.377 e. The van der Waals surface area contributed by atoms with E-state index in [0.29, 0.717) is 0 Å². The fourth-order valence-corrected chi connectivity index (χ4v) is 0. The normalized spacial score (nSPS) is 12.0. The third-order valence-corrected chi connectivity index (χ3v) is 1.46. The van der Waals surface area contributed by atoms with Crippen LogP contribution in [0, 0.1) is 0 Å². The molecule has 0 aromatic rings. The quantitative estimate of drug-likeness (QED) is 0.363. The first-order valence-electron chi connectivity index (χ1n) is 1.80. The summed E-state index contributed by atoms with van der Waals surface area (Å²) in [6, 6.07) is 0. The molecular weight excluding hydrogens is 99.1 g/mol. The average Bonchev–Trinajstić information content (AvgIpc) is 1.35. The van der Waals surface area contributed by atoms with Crippen molar-refractivity contribution in [1.29, 1.82) is 0 Å². The van der Waals surface area contributed by atoms with Gasteiger partial charge in [-0.1, -0.05) is 0 Å². The number of hydrogen-bond acceptors (Lipinski definition) is 1. The molecule has 0 heterocycles. The van der Waals surface area contributed by atoms with Crippen molar-refractivity contribution in [3.8, 4) is 0 Å². The van der Waals surface area contributed by atoms with E-state index < -0.39 is 8.65 Å². The van der Waals surface area contributed by atoms with Gasteiger partial charge in [0.15, 0.2) is 0 Å². The Kier molecular flexibility index (Phi) is 1.74. The van der Waals surface area contributed by atoms with Gasteiger partial charge in [0.05, 0.1) is 0 Å². The average molecular weight is 108 g/mol. The highest BCUT2D eigenvalue weighted by Gasteiger charge is 2.18. The first-order valence-corrected chi connectivity index (χ1v) is 4.59. The Balaban J connectivity index is 3.17. The molecule has 0 rings (SSSR count). The largest absolute Gasteiger partial charge is 0.395 e. The molecule has 0 amide bonds. The monoisotopic (exact) mass is 108 g/mol. The molecule has 1 nitrogen and oxygen atoms in total. The molecule has 6 heavy (non-hydrogen) atoms. The topological polar surface area (TPSA) is 9.23 Å². The lowest BCUT2D eigenvalue weighted by Gasteiger charge is -2.04. The van der Waals surface area contributed by atoms with Crippen LogP contribution < -0.4 is 0 Å². The lowest BCUT2D eigenvalue weighted by molar-refractivity contribution is 0.357. The predicted octanol–water partition coefficient (Wildman–Crippen LogP) is 1.30.